The van der Waals surface area contributed by atoms with E-state index in [2.05, 4.69) is 0 Å². The fourth-order valence-corrected chi connectivity index (χ4v) is 3.11. The van der Waals surface area contributed by atoms with Crippen LogP contribution < -0.4 is 4.90 Å². The Morgan fingerprint density at radius 2 is 1.95 bits per heavy atom. The lowest BCUT2D eigenvalue weighted by atomic mass is 10.0. The maximum absolute atomic E-state index is 12.7. The first-order chi connectivity index (χ1) is 9.68. The van der Waals surface area contributed by atoms with Crippen LogP contribution in [0.3, 0.4) is 0 Å². The molecule has 5 heteroatoms. The number of carbonyl (C=O) groups is 2. The molecule has 2 amide bonds. The largest absolute Gasteiger partial charge is 0.480 e. The zero-order valence-corrected chi connectivity index (χ0v) is 11.3. The molecule has 1 aromatic carbocycles. The number of nitrogens with zero attached hydrogens (tertiary/aromatic N) is 2. The molecule has 1 N–H and O–H groups in total. The number of piperidine rings is 1. The van der Waals surface area contributed by atoms with Crippen molar-refractivity contribution in [2.24, 2.45) is 0 Å². The minimum Gasteiger partial charge on any atom is -0.480 e. The van der Waals surface area contributed by atoms with Crippen molar-refractivity contribution in [3.63, 3.8) is 0 Å². The van der Waals surface area contributed by atoms with Gasteiger partial charge in [0.2, 0.25) is 0 Å². The number of hydrogen-bond acceptors (Lipinski definition) is 2. The van der Waals surface area contributed by atoms with Gasteiger partial charge in [-0.1, -0.05) is 18.2 Å². The molecule has 2 aliphatic heterocycles. The Kier molecular flexibility index (Phi) is 3.34. The minimum absolute atomic E-state index is 0.165. The molecule has 2 heterocycles. The molecular formula is C15H18N2O3. The minimum atomic E-state index is -0.898. The topological polar surface area (TPSA) is 60.9 Å². The van der Waals surface area contributed by atoms with Crippen LogP contribution in [0.15, 0.2) is 24.3 Å². The maximum Gasteiger partial charge on any atom is 0.326 e. The van der Waals surface area contributed by atoms with Crippen LogP contribution in [-0.2, 0) is 11.2 Å². The molecule has 0 aromatic heterocycles. The van der Waals surface area contributed by atoms with Crippen LogP contribution in [0.1, 0.15) is 24.8 Å². The monoisotopic (exact) mass is 274 g/mol. The molecule has 2 aliphatic rings. The van der Waals surface area contributed by atoms with E-state index in [0.717, 1.165) is 30.5 Å². The van der Waals surface area contributed by atoms with Gasteiger partial charge in [-0.3, -0.25) is 4.90 Å². The van der Waals surface area contributed by atoms with Crippen LogP contribution in [0.25, 0.3) is 0 Å². The Hall–Kier alpha value is -2.04. The van der Waals surface area contributed by atoms with Crippen molar-refractivity contribution in [1.29, 1.82) is 0 Å². The van der Waals surface area contributed by atoms with E-state index in [-0.39, 0.29) is 6.03 Å². The first-order valence-electron chi connectivity index (χ1n) is 7.07. The summed E-state index contributed by atoms with van der Waals surface area (Å²) >= 11 is 0. The zero-order chi connectivity index (χ0) is 14.1. The molecule has 3 rings (SSSR count). The summed E-state index contributed by atoms with van der Waals surface area (Å²) < 4.78 is 0. The maximum atomic E-state index is 12.7. The summed E-state index contributed by atoms with van der Waals surface area (Å²) in [6.45, 7) is 1.18. The van der Waals surface area contributed by atoms with Gasteiger partial charge in [0.1, 0.15) is 6.04 Å². The number of hydrogen-bond donors (Lipinski definition) is 1. The molecule has 0 saturated carbocycles. The van der Waals surface area contributed by atoms with E-state index in [1.165, 1.54) is 4.90 Å². The van der Waals surface area contributed by atoms with Crippen molar-refractivity contribution in [3.8, 4) is 0 Å². The average Bonchev–Trinajstić information content (AvgIpc) is 2.90. The van der Waals surface area contributed by atoms with Gasteiger partial charge in [0.25, 0.3) is 0 Å². The number of para-hydroxylation sites is 1. The first kappa shape index (κ1) is 13.0. The van der Waals surface area contributed by atoms with Crippen LogP contribution in [0.2, 0.25) is 0 Å². The van der Waals surface area contributed by atoms with E-state index in [4.69, 9.17) is 0 Å². The van der Waals surface area contributed by atoms with Crippen LogP contribution >= 0.6 is 0 Å². The molecule has 20 heavy (non-hydrogen) atoms. The fourth-order valence-electron chi connectivity index (χ4n) is 3.11. The number of fused-ring (bicyclic) bond motifs is 1. The van der Waals surface area contributed by atoms with Gasteiger partial charge in [0.05, 0.1) is 0 Å². The molecule has 5 nitrogen and oxygen atoms in total. The van der Waals surface area contributed by atoms with Crippen LogP contribution in [0.5, 0.6) is 0 Å². The van der Waals surface area contributed by atoms with E-state index >= 15 is 0 Å². The summed E-state index contributed by atoms with van der Waals surface area (Å²) in [7, 11) is 0. The Morgan fingerprint density at radius 1 is 1.15 bits per heavy atom. The van der Waals surface area contributed by atoms with E-state index in [1.807, 2.05) is 24.3 Å². The summed E-state index contributed by atoms with van der Waals surface area (Å²) in [6, 6.07) is 6.99. The SMILES string of the molecule is O=C(O)C1CCCCN1C(=O)N1CCc2ccccc21. The molecule has 0 aliphatic carbocycles. The molecule has 0 spiro atoms. The number of benzene rings is 1. The zero-order valence-electron chi connectivity index (χ0n) is 11.3. The molecule has 1 unspecified atom stereocenters. The number of carboxylic acid groups (broad SMARTS) is 1. The number of rotatable bonds is 1. The fraction of sp³-hybridized carbons (Fsp3) is 0.467. The lowest BCUT2D eigenvalue weighted by Gasteiger charge is -2.35. The Morgan fingerprint density at radius 3 is 2.75 bits per heavy atom. The predicted molar refractivity (Wildman–Crippen MR) is 74.9 cm³/mol. The Balaban J connectivity index is 1.84. The lowest BCUT2D eigenvalue weighted by Crippen LogP contribution is -2.53. The third kappa shape index (κ3) is 2.13. The van der Waals surface area contributed by atoms with Crippen LogP contribution in [0.4, 0.5) is 10.5 Å². The van der Waals surface area contributed by atoms with Crippen molar-refractivity contribution >= 4 is 17.7 Å². The lowest BCUT2D eigenvalue weighted by molar-refractivity contribution is -0.143. The van der Waals surface area contributed by atoms with Crippen molar-refractivity contribution in [2.75, 3.05) is 18.0 Å². The van der Waals surface area contributed by atoms with Gasteiger partial charge in [0.15, 0.2) is 0 Å². The molecule has 1 saturated heterocycles. The predicted octanol–water partition coefficient (Wildman–Crippen LogP) is 2.11. The van der Waals surface area contributed by atoms with Crippen molar-refractivity contribution in [3.05, 3.63) is 29.8 Å². The molecule has 0 bridgehead atoms. The standard InChI is InChI=1S/C15H18N2O3/c18-14(19)13-7-3-4-9-16(13)15(20)17-10-8-11-5-1-2-6-12(11)17/h1-2,5-6,13H,3-4,7-10H2,(H,18,19). The highest BCUT2D eigenvalue weighted by Crippen LogP contribution is 2.30. The number of anilines is 1. The number of likely N-dealkylation sites (tertiary alicyclic amines) is 1. The number of aliphatic carboxylic acids is 1. The summed E-state index contributed by atoms with van der Waals surface area (Å²) in [5, 5.41) is 9.28. The summed E-state index contributed by atoms with van der Waals surface area (Å²) in [4.78, 5) is 27.2. The average molecular weight is 274 g/mol. The smallest absolute Gasteiger partial charge is 0.326 e. The third-order valence-electron chi connectivity index (χ3n) is 4.15. The van der Waals surface area contributed by atoms with E-state index in [0.29, 0.717) is 19.5 Å². The van der Waals surface area contributed by atoms with Crippen molar-refractivity contribution in [2.45, 2.75) is 31.7 Å². The second kappa shape index (κ2) is 5.15. The first-order valence-corrected chi connectivity index (χ1v) is 7.07. The van der Waals surface area contributed by atoms with Crippen LogP contribution in [0, 0.1) is 0 Å². The van der Waals surface area contributed by atoms with Gasteiger partial charge in [-0.25, -0.2) is 9.59 Å². The van der Waals surface area contributed by atoms with Crippen molar-refractivity contribution < 1.29 is 14.7 Å². The van der Waals surface area contributed by atoms with E-state index in [1.54, 1.807) is 4.90 Å². The van der Waals surface area contributed by atoms with Gasteiger partial charge in [0, 0.05) is 18.8 Å². The normalized spacial score (nSPS) is 21.7. The Labute approximate surface area is 117 Å². The molecular weight excluding hydrogens is 256 g/mol. The highest BCUT2D eigenvalue weighted by molar-refractivity contribution is 5.96. The molecule has 106 valence electrons. The molecule has 1 fully saturated rings. The van der Waals surface area contributed by atoms with Gasteiger partial charge >= 0.3 is 12.0 Å². The van der Waals surface area contributed by atoms with Crippen LogP contribution in [-0.4, -0.2) is 41.1 Å². The molecule has 1 atom stereocenters. The number of amides is 2. The number of carboxylic acids is 1. The highest BCUT2D eigenvalue weighted by atomic mass is 16.4. The molecule has 0 radical (unpaired) electrons. The van der Waals surface area contributed by atoms with Crippen molar-refractivity contribution in [1.82, 2.24) is 4.90 Å². The summed E-state index contributed by atoms with van der Waals surface area (Å²) in [6.07, 6.45) is 3.15. The Bertz CT molecular complexity index is 544. The number of urea groups is 1. The van der Waals surface area contributed by atoms with Gasteiger partial charge in [-0.15, -0.1) is 0 Å². The van der Waals surface area contributed by atoms with E-state index in [9.17, 15) is 14.7 Å². The second-order valence-electron chi connectivity index (χ2n) is 5.36. The summed E-state index contributed by atoms with van der Waals surface area (Å²) in [5.74, 6) is -0.898. The highest BCUT2D eigenvalue weighted by Gasteiger charge is 2.36. The summed E-state index contributed by atoms with van der Waals surface area (Å²) in [5.41, 5.74) is 2.08. The van der Waals surface area contributed by atoms with E-state index < -0.39 is 12.0 Å². The third-order valence-corrected chi connectivity index (χ3v) is 4.15. The quantitative estimate of drug-likeness (QED) is 0.853. The van der Waals surface area contributed by atoms with Gasteiger partial charge < -0.3 is 10.0 Å². The molecule has 1 aromatic rings. The van der Waals surface area contributed by atoms with Gasteiger partial charge in [-0.2, -0.15) is 0 Å². The number of carbonyl (C=O) groups excluding carboxylic acids is 1. The van der Waals surface area contributed by atoms with Gasteiger partial charge in [-0.05, 0) is 37.3 Å². The second-order valence-corrected chi connectivity index (χ2v) is 5.36.